The molecule has 0 saturated heterocycles. The van der Waals surface area contributed by atoms with Crippen molar-refractivity contribution in [3.05, 3.63) is 57.7 Å². The van der Waals surface area contributed by atoms with Gasteiger partial charge in [-0.05, 0) is 11.6 Å². The van der Waals surface area contributed by atoms with Crippen LogP contribution < -0.4 is 10.1 Å². The van der Waals surface area contributed by atoms with Crippen LogP contribution in [0.4, 0.5) is 0 Å². The van der Waals surface area contributed by atoms with E-state index in [1.165, 1.54) is 20.4 Å². The summed E-state index contributed by atoms with van der Waals surface area (Å²) >= 11 is 11.9. The van der Waals surface area contributed by atoms with Crippen LogP contribution in [-0.2, 0) is 16.2 Å². The molecule has 8 heteroatoms. The van der Waals surface area contributed by atoms with Crippen LogP contribution in [0.5, 0.6) is 5.88 Å². The predicted octanol–water partition coefficient (Wildman–Crippen LogP) is 3.06. The first-order valence-corrected chi connectivity index (χ1v) is 7.67. The summed E-state index contributed by atoms with van der Waals surface area (Å²) in [6, 6.07) is 8.73. The minimum absolute atomic E-state index is 0.143. The number of aromatic nitrogens is 1. The molecule has 1 aromatic heterocycles. The van der Waals surface area contributed by atoms with Crippen molar-refractivity contribution in [2.24, 2.45) is 5.16 Å². The van der Waals surface area contributed by atoms with Gasteiger partial charge in [0.1, 0.15) is 18.7 Å². The van der Waals surface area contributed by atoms with E-state index in [9.17, 15) is 4.79 Å². The molecule has 2 aromatic rings. The Bertz CT molecular complexity index is 766. The first kappa shape index (κ1) is 18.0. The lowest BCUT2D eigenvalue weighted by Gasteiger charge is -2.12. The highest BCUT2D eigenvalue weighted by molar-refractivity contribution is 6.45. The number of ether oxygens (including phenoxy) is 1. The number of carbonyl (C=O) groups excluding carboxylic acids is 1. The lowest BCUT2D eigenvalue weighted by atomic mass is 10.0. The Morgan fingerprint density at radius 3 is 2.75 bits per heavy atom. The van der Waals surface area contributed by atoms with Gasteiger partial charge in [-0.25, -0.2) is 4.98 Å². The maximum absolute atomic E-state index is 12.0. The first-order chi connectivity index (χ1) is 11.6. The number of nitrogens with one attached hydrogen (secondary N) is 1. The number of hydrogen-bond acceptors (Lipinski definition) is 5. The first-order valence-electron chi connectivity index (χ1n) is 6.92. The normalized spacial score (nSPS) is 11.1. The largest absolute Gasteiger partial charge is 0.472 e. The number of pyridine rings is 1. The van der Waals surface area contributed by atoms with Gasteiger partial charge in [-0.15, -0.1) is 0 Å². The Morgan fingerprint density at radius 1 is 1.33 bits per heavy atom. The standard InChI is InChI=1S/C16H15Cl2N3O3/c1-19-15(22)14(21-23-2)12-6-4-3-5-10(12)9-24-16-13(18)7-11(17)8-20-16/h3-8H,9H2,1-2H3,(H,19,22). The minimum Gasteiger partial charge on any atom is -0.472 e. The number of halogens is 2. The van der Waals surface area contributed by atoms with E-state index in [2.05, 4.69) is 15.5 Å². The van der Waals surface area contributed by atoms with Gasteiger partial charge in [-0.2, -0.15) is 0 Å². The second kappa shape index (κ2) is 8.52. The molecule has 1 aromatic carbocycles. The maximum Gasteiger partial charge on any atom is 0.273 e. The predicted molar refractivity (Wildman–Crippen MR) is 92.6 cm³/mol. The number of carbonyl (C=O) groups is 1. The Hall–Kier alpha value is -2.31. The fourth-order valence-corrected chi connectivity index (χ4v) is 2.39. The van der Waals surface area contributed by atoms with Crippen molar-refractivity contribution in [2.45, 2.75) is 6.61 Å². The van der Waals surface area contributed by atoms with Gasteiger partial charge in [-0.3, -0.25) is 4.79 Å². The van der Waals surface area contributed by atoms with E-state index in [-0.39, 0.29) is 24.1 Å². The zero-order valence-electron chi connectivity index (χ0n) is 13.0. The molecule has 2 rings (SSSR count). The third-order valence-corrected chi connectivity index (χ3v) is 3.51. The van der Waals surface area contributed by atoms with Gasteiger partial charge >= 0.3 is 0 Å². The zero-order chi connectivity index (χ0) is 17.5. The fraction of sp³-hybridized carbons (Fsp3) is 0.188. The number of oxime groups is 1. The molecule has 0 fully saturated rings. The van der Waals surface area contributed by atoms with E-state index in [1.54, 1.807) is 18.2 Å². The highest BCUT2D eigenvalue weighted by Gasteiger charge is 2.17. The van der Waals surface area contributed by atoms with E-state index in [0.29, 0.717) is 15.6 Å². The summed E-state index contributed by atoms with van der Waals surface area (Å²) in [5.74, 6) is -0.118. The van der Waals surface area contributed by atoms with Crippen molar-refractivity contribution >= 4 is 34.8 Å². The van der Waals surface area contributed by atoms with E-state index < -0.39 is 0 Å². The Labute approximate surface area is 149 Å². The number of rotatable bonds is 6. The lowest BCUT2D eigenvalue weighted by molar-refractivity contribution is -0.114. The Balaban J connectivity index is 2.28. The summed E-state index contributed by atoms with van der Waals surface area (Å²) < 4.78 is 5.63. The average Bonchev–Trinajstić information content (AvgIpc) is 2.59. The molecular formula is C16H15Cl2N3O3. The lowest BCUT2D eigenvalue weighted by Crippen LogP contribution is -2.29. The summed E-state index contributed by atoms with van der Waals surface area (Å²) in [6.45, 7) is 0.143. The van der Waals surface area contributed by atoms with Crippen molar-refractivity contribution in [1.29, 1.82) is 0 Å². The SMILES string of the molecule is CNC(=O)C(=NOC)c1ccccc1COc1ncc(Cl)cc1Cl. The Morgan fingerprint density at radius 2 is 2.08 bits per heavy atom. The van der Waals surface area contributed by atoms with E-state index in [4.69, 9.17) is 32.8 Å². The van der Waals surface area contributed by atoms with Gasteiger partial charge in [0, 0.05) is 18.8 Å². The molecule has 0 aliphatic rings. The molecule has 1 N–H and O–H groups in total. The molecule has 1 amide bonds. The van der Waals surface area contributed by atoms with Crippen LogP contribution in [0.25, 0.3) is 0 Å². The van der Waals surface area contributed by atoms with E-state index in [1.807, 2.05) is 12.1 Å². The van der Waals surface area contributed by atoms with Gasteiger partial charge in [0.25, 0.3) is 5.91 Å². The van der Waals surface area contributed by atoms with Gasteiger partial charge in [-0.1, -0.05) is 52.6 Å². The monoisotopic (exact) mass is 367 g/mol. The third-order valence-electron chi connectivity index (χ3n) is 3.04. The number of hydrogen-bond donors (Lipinski definition) is 1. The summed E-state index contributed by atoms with van der Waals surface area (Å²) in [5, 5.41) is 7.05. The van der Waals surface area contributed by atoms with Crippen LogP contribution >= 0.6 is 23.2 Å². The summed E-state index contributed by atoms with van der Waals surface area (Å²) in [7, 11) is 2.89. The molecule has 0 aliphatic heterocycles. The Kier molecular flexibility index (Phi) is 6.40. The van der Waals surface area contributed by atoms with Crippen LogP contribution in [0.15, 0.2) is 41.7 Å². The molecule has 0 atom stereocenters. The highest BCUT2D eigenvalue weighted by Crippen LogP contribution is 2.25. The minimum atomic E-state index is -0.369. The molecule has 126 valence electrons. The van der Waals surface area contributed by atoms with Crippen molar-refractivity contribution in [2.75, 3.05) is 14.2 Å². The fourth-order valence-electron chi connectivity index (χ4n) is 1.95. The number of nitrogens with zero attached hydrogens (tertiary/aromatic N) is 2. The van der Waals surface area contributed by atoms with Gasteiger partial charge in [0.05, 0.1) is 5.02 Å². The van der Waals surface area contributed by atoms with Crippen molar-refractivity contribution < 1.29 is 14.4 Å². The highest BCUT2D eigenvalue weighted by atomic mass is 35.5. The summed E-state index contributed by atoms with van der Waals surface area (Å²) in [5.41, 5.74) is 1.46. The third kappa shape index (κ3) is 4.37. The van der Waals surface area contributed by atoms with Gasteiger partial charge in [0.15, 0.2) is 5.71 Å². The summed E-state index contributed by atoms with van der Waals surface area (Å²) in [4.78, 5) is 20.8. The van der Waals surface area contributed by atoms with Crippen LogP contribution in [0.3, 0.4) is 0 Å². The molecular weight excluding hydrogens is 353 g/mol. The second-order valence-electron chi connectivity index (χ2n) is 4.59. The van der Waals surface area contributed by atoms with Crippen molar-refractivity contribution in [1.82, 2.24) is 10.3 Å². The van der Waals surface area contributed by atoms with E-state index >= 15 is 0 Å². The van der Waals surface area contributed by atoms with Gasteiger partial charge in [0.2, 0.25) is 5.88 Å². The smallest absolute Gasteiger partial charge is 0.273 e. The van der Waals surface area contributed by atoms with Crippen LogP contribution in [0.1, 0.15) is 11.1 Å². The van der Waals surface area contributed by atoms with Crippen LogP contribution in [0.2, 0.25) is 10.0 Å². The molecule has 24 heavy (non-hydrogen) atoms. The van der Waals surface area contributed by atoms with Crippen molar-refractivity contribution in [3.8, 4) is 5.88 Å². The number of amides is 1. The van der Waals surface area contributed by atoms with E-state index in [0.717, 1.165) is 5.56 Å². The molecule has 0 radical (unpaired) electrons. The maximum atomic E-state index is 12.0. The summed E-state index contributed by atoms with van der Waals surface area (Å²) in [6.07, 6.45) is 1.44. The molecule has 6 nitrogen and oxygen atoms in total. The molecule has 0 saturated carbocycles. The van der Waals surface area contributed by atoms with Crippen LogP contribution in [-0.4, -0.2) is 30.8 Å². The quantitative estimate of drug-likeness (QED) is 0.628. The van der Waals surface area contributed by atoms with Crippen molar-refractivity contribution in [3.63, 3.8) is 0 Å². The topological polar surface area (TPSA) is 72.8 Å². The zero-order valence-corrected chi connectivity index (χ0v) is 14.6. The molecule has 0 unspecified atom stereocenters. The number of benzene rings is 1. The average molecular weight is 368 g/mol. The van der Waals surface area contributed by atoms with Gasteiger partial charge < -0.3 is 14.9 Å². The molecule has 1 heterocycles. The second-order valence-corrected chi connectivity index (χ2v) is 5.43. The van der Waals surface area contributed by atoms with Crippen LogP contribution in [0, 0.1) is 0 Å². The number of likely N-dealkylation sites (N-methyl/N-ethyl adjacent to an activating group) is 1. The molecule has 0 aliphatic carbocycles. The molecule has 0 bridgehead atoms. The molecule has 0 spiro atoms.